The lowest BCUT2D eigenvalue weighted by Gasteiger charge is -2.45. The summed E-state index contributed by atoms with van der Waals surface area (Å²) < 4.78 is 70.6. The maximum absolute atomic E-state index is 13.1. The highest BCUT2D eigenvalue weighted by Gasteiger charge is 2.48. The number of nitrogens with zero attached hydrogens (tertiary/aromatic N) is 1. The molecule has 1 aromatic carbocycles. The van der Waals surface area contributed by atoms with Crippen molar-refractivity contribution in [3.8, 4) is 5.75 Å². The van der Waals surface area contributed by atoms with Gasteiger partial charge in [-0.15, -0.1) is 0 Å². The number of hydrogen-bond donors (Lipinski definition) is 1. The predicted octanol–water partition coefficient (Wildman–Crippen LogP) is 2.95. The lowest BCUT2D eigenvalue weighted by Crippen LogP contribution is -2.54. The van der Waals surface area contributed by atoms with Crippen LogP contribution in [0.25, 0.3) is 0 Å². The number of aliphatic hydroxyl groups is 1. The number of benzene rings is 1. The molecule has 0 aromatic heterocycles. The molecule has 5 nitrogen and oxygen atoms in total. The summed E-state index contributed by atoms with van der Waals surface area (Å²) in [6, 6.07) is 1.72. The van der Waals surface area contributed by atoms with E-state index in [0.29, 0.717) is 6.42 Å². The lowest BCUT2D eigenvalue weighted by atomic mass is 9.86. The standard InChI is InChI=1S/C16H22F3NO4S/c1-5-8-25(22,23)20(4)13-11-9-10(16(17,18)19)6-7-12(11)24-15(2,3)14(13)21/h6-7,9,13-14,21H,5,8H2,1-4H3. The van der Waals surface area contributed by atoms with Crippen LogP contribution in [0.5, 0.6) is 5.75 Å². The molecule has 0 amide bonds. The van der Waals surface area contributed by atoms with Gasteiger partial charge in [0.1, 0.15) is 17.5 Å². The molecule has 25 heavy (non-hydrogen) atoms. The Kier molecular flexibility index (Phi) is 5.15. The molecular formula is C16H22F3NO4S. The number of sulfonamides is 1. The number of aliphatic hydroxyl groups excluding tert-OH is 1. The number of halogens is 3. The molecule has 1 heterocycles. The van der Waals surface area contributed by atoms with Crippen molar-refractivity contribution in [1.29, 1.82) is 0 Å². The van der Waals surface area contributed by atoms with Crippen molar-refractivity contribution < 1.29 is 31.4 Å². The van der Waals surface area contributed by atoms with E-state index in [1.807, 2.05) is 0 Å². The summed E-state index contributed by atoms with van der Waals surface area (Å²) in [5.41, 5.74) is -2.08. The fraction of sp³-hybridized carbons (Fsp3) is 0.625. The van der Waals surface area contributed by atoms with Gasteiger partial charge in [-0.05, 0) is 38.5 Å². The average Bonchev–Trinajstić information content (AvgIpc) is 2.46. The normalized spacial score (nSPS) is 23.2. The SMILES string of the molecule is CCCS(=O)(=O)N(C)C1c2cc(C(F)(F)F)ccc2OC(C)(C)C1O. The second-order valence-electron chi connectivity index (χ2n) is 6.68. The van der Waals surface area contributed by atoms with Gasteiger partial charge in [-0.1, -0.05) is 6.92 Å². The number of likely N-dealkylation sites (N-methyl/N-ethyl adjacent to an activating group) is 1. The first-order valence-corrected chi connectivity index (χ1v) is 9.46. The number of hydrogen-bond acceptors (Lipinski definition) is 4. The smallest absolute Gasteiger partial charge is 0.416 e. The fourth-order valence-electron chi connectivity index (χ4n) is 2.91. The number of alkyl halides is 3. The van der Waals surface area contributed by atoms with Gasteiger partial charge in [0.2, 0.25) is 10.0 Å². The van der Waals surface area contributed by atoms with Crippen LogP contribution in [0.2, 0.25) is 0 Å². The summed E-state index contributed by atoms with van der Waals surface area (Å²) >= 11 is 0. The molecule has 0 spiro atoms. The summed E-state index contributed by atoms with van der Waals surface area (Å²) in [5.74, 6) is -0.0330. The van der Waals surface area contributed by atoms with Crippen molar-refractivity contribution in [1.82, 2.24) is 4.31 Å². The van der Waals surface area contributed by atoms with Crippen LogP contribution < -0.4 is 4.74 Å². The molecule has 0 radical (unpaired) electrons. The van der Waals surface area contributed by atoms with E-state index in [-0.39, 0.29) is 17.1 Å². The third-order valence-electron chi connectivity index (χ3n) is 4.33. The van der Waals surface area contributed by atoms with Crippen LogP contribution in [-0.4, -0.2) is 42.3 Å². The molecule has 2 unspecified atom stereocenters. The Labute approximate surface area is 145 Å². The number of rotatable bonds is 4. The number of ether oxygens (including phenoxy) is 1. The molecule has 0 bridgehead atoms. The van der Waals surface area contributed by atoms with Crippen molar-refractivity contribution in [3.05, 3.63) is 29.3 Å². The van der Waals surface area contributed by atoms with Crippen LogP contribution in [0, 0.1) is 0 Å². The van der Waals surface area contributed by atoms with Gasteiger partial charge in [0, 0.05) is 12.6 Å². The summed E-state index contributed by atoms with van der Waals surface area (Å²) in [4.78, 5) is 0. The van der Waals surface area contributed by atoms with Crippen LogP contribution in [0.15, 0.2) is 18.2 Å². The Bertz CT molecular complexity index is 746. The zero-order chi connectivity index (χ0) is 19.2. The third-order valence-corrected chi connectivity index (χ3v) is 6.36. The first-order chi connectivity index (χ1) is 11.3. The molecule has 9 heteroatoms. The van der Waals surface area contributed by atoms with Gasteiger partial charge in [0.05, 0.1) is 17.4 Å². The van der Waals surface area contributed by atoms with Crippen molar-refractivity contribution in [2.75, 3.05) is 12.8 Å². The molecular weight excluding hydrogens is 359 g/mol. The zero-order valence-corrected chi connectivity index (χ0v) is 15.3. The minimum Gasteiger partial charge on any atom is -0.485 e. The van der Waals surface area contributed by atoms with Crippen molar-refractivity contribution in [3.63, 3.8) is 0 Å². The van der Waals surface area contributed by atoms with Crippen LogP contribution in [0.1, 0.15) is 44.4 Å². The Hall–Kier alpha value is -1.32. The van der Waals surface area contributed by atoms with Crippen molar-refractivity contribution in [2.45, 2.75) is 51.1 Å². The minimum absolute atomic E-state index is 0.00354. The van der Waals surface area contributed by atoms with E-state index in [1.54, 1.807) is 20.8 Å². The average molecular weight is 381 g/mol. The predicted molar refractivity (Wildman–Crippen MR) is 86.7 cm³/mol. The molecule has 0 fully saturated rings. The molecule has 1 N–H and O–H groups in total. The fourth-order valence-corrected chi connectivity index (χ4v) is 4.29. The van der Waals surface area contributed by atoms with Crippen LogP contribution in [-0.2, 0) is 16.2 Å². The van der Waals surface area contributed by atoms with Gasteiger partial charge in [-0.3, -0.25) is 0 Å². The summed E-state index contributed by atoms with van der Waals surface area (Å²) in [5, 5.41) is 10.6. The molecule has 2 atom stereocenters. The second-order valence-corrected chi connectivity index (χ2v) is 8.83. The van der Waals surface area contributed by atoms with Gasteiger partial charge in [0.15, 0.2) is 0 Å². The Balaban J connectivity index is 2.62. The largest absolute Gasteiger partial charge is 0.485 e. The summed E-state index contributed by atoms with van der Waals surface area (Å²) in [6.45, 7) is 4.81. The molecule has 1 aliphatic heterocycles. The van der Waals surface area contributed by atoms with Crippen LogP contribution >= 0.6 is 0 Å². The highest BCUT2D eigenvalue weighted by Crippen LogP contribution is 2.45. The lowest BCUT2D eigenvalue weighted by molar-refractivity contribution is -0.138. The van der Waals surface area contributed by atoms with E-state index in [0.717, 1.165) is 16.4 Å². The first kappa shape index (κ1) is 20.0. The zero-order valence-electron chi connectivity index (χ0n) is 14.5. The highest BCUT2D eigenvalue weighted by atomic mass is 32.2. The molecule has 0 saturated carbocycles. The van der Waals surface area contributed by atoms with E-state index in [4.69, 9.17) is 4.74 Å². The second kappa shape index (κ2) is 6.44. The van der Waals surface area contributed by atoms with Gasteiger partial charge in [-0.2, -0.15) is 17.5 Å². The summed E-state index contributed by atoms with van der Waals surface area (Å²) in [6.07, 6.45) is -5.57. The first-order valence-electron chi connectivity index (χ1n) is 7.85. The van der Waals surface area contributed by atoms with Gasteiger partial charge < -0.3 is 9.84 Å². The summed E-state index contributed by atoms with van der Waals surface area (Å²) in [7, 11) is -2.48. The molecule has 1 aliphatic rings. The number of fused-ring (bicyclic) bond motifs is 1. The third kappa shape index (κ3) is 3.78. The van der Waals surface area contributed by atoms with Crippen LogP contribution in [0.4, 0.5) is 13.2 Å². The molecule has 142 valence electrons. The Morgan fingerprint density at radius 3 is 2.44 bits per heavy atom. The van der Waals surface area contributed by atoms with Gasteiger partial charge >= 0.3 is 6.18 Å². The Morgan fingerprint density at radius 1 is 1.32 bits per heavy atom. The maximum Gasteiger partial charge on any atom is 0.416 e. The Morgan fingerprint density at radius 2 is 1.92 bits per heavy atom. The van der Waals surface area contributed by atoms with Gasteiger partial charge in [-0.25, -0.2) is 8.42 Å². The van der Waals surface area contributed by atoms with E-state index < -0.39 is 39.5 Å². The molecule has 1 aromatic rings. The minimum atomic E-state index is -4.58. The van der Waals surface area contributed by atoms with Crippen molar-refractivity contribution >= 4 is 10.0 Å². The highest BCUT2D eigenvalue weighted by molar-refractivity contribution is 7.89. The van der Waals surface area contributed by atoms with E-state index in [2.05, 4.69) is 0 Å². The van der Waals surface area contributed by atoms with E-state index >= 15 is 0 Å². The molecule has 0 aliphatic carbocycles. The molecule has 2 rings (SSSR count). The maximum atomic E-state index is 13.1. The monoisotopic (exact) mass is 381 g/mol. The topological polar surface area (TPSA) is 66.8 Å². The van der Waals surface area contributed by atoms with E-state index in [1.165, 1.54) is 13.1 Å². The molecule has 0 saturated heterocycles. The van der Waals surface area contributed by atoms with Crippen LogP contribution in [0.3, 0.4) is 0 Å². The van der Waals surface area contributed by atoms with Crippen molar-refractivity contribution in [2.24, 2.45) is 0 Å². The van der Waals surface area contributed by atoms with Gasteiger partial charge in [0.25, 0.3) is 0 Å². The quantitative estimate of drug-likeness (QED) is 0.871. The van der Waals surface area contributed by atoms with E-state index in [9.17, 15) is 26.7 Å².